The van der Waals surface area contributed by atoms with Gasteiger partial charge in [0.25, 0.3) is 5.91 Å². The summed E-state index contributed by atoms with van der Waals surface area (Å²) in [6, 6.07) is 11.0. The minimum Gasteiger partial charge on any atom is -0.383 e. The predicted octanol–water partition coefficient (Wildman–Crippen LogP) is 3.23. The Hall–Kier alpha value is -2.47. The number of nitrogen functional groups attached to an aromatic ring is 1. The number of benzene rings is 1. The summed E-state index contributed by atoms with van der Waals surface area (Å²) in [7, 11) is 0. The molecule has 0 fully saturated rings. The molecule has 0 spiro atoms. The number of nitrogens with one attached hydrogen (secondary N) is 1. The number of anilines is 2. The molecule has 0 bridgehead atoms. The van der Waals surface area contributed by atoms with Crippen LogP contribution >= 0.6 is 15.9 Å². The number of nitrogens with two attached hydrogens (primary N) is 1. The van der Waals surface area contributed by atoms with Crippen LogP contribution in [0.5, 0.6) is 0 Å². The van der Waals surface area contributed by atoms with Gasteiger partial charge in [0, 0.05) is 17.8 Å². The molecule has 0 aliphatic carbocycles. The number of carbonyl (C=O) groups is 1. The number of carbonyl (C=O) groups excluding carboxylic acids is 1. The molecule has 0 atom stereocenters. The van der Waals surface area contributed by atoms with Crippen LogP contribution in [0.2, 0.25) is 0 Å². The van der Waals surface area contributed by atoms with Crippen molar-refractivity contribution >= 4 is 44.1 Å². The number of hydrogen-bond acceptors (Lipinski definition) is 4. The third-order valence-corrected chi connectivity index (χ3v) is 3.66. The SMILES string of the molecule is Nc1nc(C(=O)Nc2ccncc2Br)cc2ccccc12. The lowest BCUT2D eigenvalue weighted by Crippen LogP contribution is -2.15. The van der Waals surface area contributed by atoms with Crippen molar-refractivity contribution in [3.8, 4) is 0 Å². The van der Waals surface area contributed by atoms with Crippen LogP contribution in [0.3, 0.4) is 0 Å². The Balaban J connectivity index is 1.97. The number of halogens is 1. The lowest BCUT2D eigenvalue weighted by Gasteiger charge is -2.08. The van der Waals surface area contributed by atoms with E-state index in [-0.39, 0.29) is 11.6 Å². The molecular formula is C15H11BrN4O. The van der Waals surface area contributed by atoms with Crippen molar-refractivity contribution in [2.45, 2.75) is 0 Å². The number of rotatable bonds is 2. The highest BCUT2D eigenvalue weighted by atomic mass is 79.9. The molecule has 3 aromatic rings. The van der Waals surface area contributed by atoms with Crippen molar-refractivity contribution in [3.05, 3.63) is 59.0 Å². The molecule has 0 radical (unpaired) electrons. The van der Waals surface area contributed by atoms with Crippen LogP contribution in [0.4, 0.5) is 11.5 Å². The molecule has 3 N–H and O–H groups in total. The molecule has 0 aliphatic heterocycles. The Morgan fingerprint density at radius 2 is 2.05 bits per heavy atom. The van der Waals surface area contributed by atoms with Gasteiger partial charge in [-0.2, -0.15) is 0 Å². The number of pyridine rings is 2. The minimum atomic E-state index is -0.320. The first-order valence-corrected chi connectivity index (χ1v) is 7.00. The smallest absolute Gasteiger partial charge is 0.274 e. The molecule has 0 aliphatic rings. The van der Waals surface area contributed by atoms with Gasteiger partial charge in [0.15, 0.2) is 0 Å². The van der Waals surface area contributed by atoms with E-state index >= 15 is 0 Å². The molecule has 1 amide bonds. The van der Waals surface area contributed by atoms with E-state index in [1.807, 2.05) is 24.3 Å². The summed E-state index contributed by atoms with van der Waals surface area (Å²) in [5.74, 6) is 0.0198. The maximum Gasteiger partial charge on any atom is 0.274 e. The fraction of sp³-hybridized carbons (Fsp3) is 0. The fourth-order valence-corrected chi connectivity index (χ4v) is 2.35. The van der Waals surface area contributed by atoms with Gasteiger partial charge >= 0.3 is 0 Å². The van der Waals surface area contributed by atoms with E-state index in [0.717, 1.165) is 10.8 Å². The molecule has 2 aromatic heterocycles. The molecule has 0 saturated heterocycles. The van der Waals surface area contributed by atoms with Crippen molar-refractivity contribution < 1.29 is 4.79 Å². The van der Waals surface area contributed by atoms with E-state index in [2.05, 4.69) is 31.2 Å². The molecule has 0 unspecified atom stereocenters. The average Bonchev–Trinajstić information content (AvgIpc) is 2.49. The Morgan fingerprint density at radius 1 is 1.24 bits per heavy atom. The number of fused-ring (bicyclic) bond motifs is 1. The van der Waals surface area contributed by atoms with E-state index in [9.17, 15) is 4.79 Å². The average molecular weight is 343 g/mol. The number of aromatic nitrogens is 2. The largest absolute Gasteiger partial charge is 0.383 e. The van der Waals surface area contributed by atoms with Gasteiger partial charge in [-0.25, -0.2) is 4.98 Å². The van der Waals surface area contributed by atoms with Crippen LogP contribution in [0, 0.1) is 0 Å². The van der Waals surface area contributed by atoms with Crippen molar-refractivity contribution in [1.29, 1.82) is 0 Å². The summed E-state index contributed by atoms with van der Waals surface area (Å²) in [4.78, 5) is 20.4. The van der Waals surface area contributed by atoms with E-state index in [1.54, 1.807) is 24.5 Å². The maximum atomic E-state index is 12.3. The molecular weight excluding hydrogens is 332 g/mol. The van der Waals surface area contributed by atoms with Gasteiger partial charge in [-0.05, 0) is 33.4 Å². The van der Waals surface area contributed by atoms with Gasteiger partial charge < -0.3 is 11.1 Å². The molecule has 104 valence electrons. The van der Waals surface area contributed by atoms with Gasteiger partial charge in [-0.1, -0.05) is 24.3 Å². The molecule has 6 heteroatoms. The Bertz CT molecular complexity index is 835. The fourth-order valence-electron chi connectivity index (χ4n) is 2.00. The van der Waals surface area contributed by atoms with Gasteiger partial charge in [-0.15, -0.1) is 0 Å². The minimum absolute atomic E-state index is 0.273. The molecule has 3 rings (SSSR count). The molecule has 5 nitrogen and oxygen atoms in total. The lowest BCUT2D eigenvalue weighted by molar-refractivity contribution is 0.102. The van der Waals surface area contributed by atoms with Crippen LogP contribution in [-0.2, 0) is 0 Å². The van der Waals surface area contributed by atoms with Crippen LogP contribution in [0.25, 0.3) is 10.8 Å². The van der Waals surface area contributed by atoms with Gasteiger partial charge in [0.1, 0.15) is 11.5 Å². The monoisotopic (exact) mass is 342 g/mol. The normalized spacial score (nSPS) is 10.5. The standard InChI is InChI=1S/C15H11BrN4O/c16-11-8-18-6-5-12(11)20-15(21)13-7-9-3-1-2-4-10(9)14(17)19-13/h1-8H,(H2,17,19)(H,18,20,21). The van der Waals surface area contributed by atoms with E-state index in [4.69, 9.17) is 5.73 Å². The number of hydrogen-bond donors (Lipinski definition) is 2. The zero-order valence-electron chi connectivity index (χ0n) is 10.9. The summed E-state index contributed by atoms with van der Waals surface area (Å²) in [6.07, 6.45) is 3.21. The van der Waals surface area contributed by atoms with E-state index in [1.165, 1.54) is 0 Å². The van der Waals surface area contributed by atoms with Gasteiger partial charge in [0.05, 0.1) is 10.2 Å². The van der Waals surface area contributed by atoms with Crippen molar-refractivity contribution in [1.82, 2.24) is 9.97 Å². The third-order valence-electron chi connectivity index (χ3n) is 3.02. The van der Waals surface area contributed by atoms with Crippen molar-refractivity contribution in [2.75, 3.05) is 11.1 Å². The highest BCUT2D eigenvalue weighted by Gasteiger charge is 2.12. The number of nitrogens with zero attached hydrogens (tertiary/aromatic N) is 2. The topological polar surface area (TPSA) is 80.9 Å². The van der Waals surface area contributed by atoms with E-state index in [0.29, 0.717) is 16.0 Å². The first-order chi connectivity index (χ1) is 10.1. The summed E-state index contributed by atoms with van der Waals surface area (Å²) in [5.41, 5.74) is 6.81. The second kappa shape index (κ2) is 5.49. The zero-order valence-corrected chi connectivity index (χ0v) is 12.5. The van der Waals surface area contributed by atoms with Crippen LogP contribution < -0.4 is 11.1 Å². The first kappa shape index (κ1) is 13.5. The Kier molecular flexibility index (Phi) is 3.53. The van der Waals surface area contributed by atoms with E-state index < -0.39 is 0 Å². The lowest BCUT2D eigenvalue weighted by atomic mass is 10.1. The second-order valence-electron chi connectivity index (χ2n) is 4.42. The molecule has 21 heavy (non-hydrogen) atoms. The van der Waals surface area contributed by atoms with Gasteiger partial charge in [-0.3, -0.25) is 9.78 Å². The third kappa shape index (κ3) is 2.71. The highest BCUT2D eigenvalue weighted by molar-refractivity contribution is 9.10. The summed E-state index contributed by atoms with van der Waals surface area (Å²) in [6.45, 7) is 0. The summed E-state index contributed by atoms with van der Waals surface area (Å²) < 4.78 is 0.701. The first-order valence-electron chi connectivity index (χ1n) is 6.21. The molecule has 1 aromatic carbocycles. The molecule has 0 saturated carbocycles. The predicted molar refractivity (Wildman–Crippen MR) is 86.0 cm³/mol. The van der Waals surface area contributed by atoms with Crippen LogP contribution in [0.15, 0.2) is 53.3 Å². The van der Waals surface area contributed by atoms with Crippen LogP contribution in [0.1, 0.15) is 10.5 Å². The Labute approximate surface area is 129 Å². The van der Waals surface area contributed by atoms with Crippen molar-refractivity contribution in [3.63, 3.8) is 0 Å². The van der Waals surface area contributed by atoms with Crippen LogP contribution in [-0.4, -0.2) is 15.9 Å². The molecule has 2 heterocycles. The van der Waals surface area contributed by atoms with Gasteiger partial charge in [0.2, 0.25) is 0 Å². The maximum absolute atomic E-state index is 12.3. The zero-order chi connectivity index (χ0) is 14.8. The summed E-state index contributed by atoms with van der Waals surface area (Å²) >= 11 is 3.33. The second-order valence-corrected chi connectivity index (χ2v) is 5.28. The highest BCUT2D eigenvalue weighted by Crippen LogP contribution is 2.23. The van der Waals surface area contributed by atoms with Crippen molar-refractivity contribution in [2.24, 2.45) is 0 Å². The quantitative estimate of drug-likeness (QED) is 0.749. The summed E-state index contributed by atoms with van der Waals surface area (Å²) in [5, 5.41) is 4.49. The number of amides is 1. The Morgan fingerprint density at radius 3 is 2.86 bits per heavy atom.